The summed E-state index contributed by atoms with van der Waals surface area (Å²) in [5.41, 5.74) is 3.09. The number of hydrogen-bond donors (Lipinski definition) is 1. The van der Waals surface area contributed by atoms with Gasteiger partial charge in [-0.1, -0.05) is 61.2 Å². The molecule has 3 rings (SSSR count). The molecule has 31 heavy (non-hydrogen) atoms. The molecule has 0 radical (unpaired) electrons. The summed E-state index contributed by atoms with van der Waals surface area (Å²) in [5.74, 6) is 0.632. The fourth-order valence-corrected chi connectivity index (χ4v) is 4.06. The van der Waals surface area contributed by atoms with Gasteiger partial charge in [0, 0.05) is 12.6 Å². The van der Waals surface area contributed by atoms with Crippen LogP contribution in [0.25, 0.3) is 0 Å². The Morgan fingerprint density at radius 1 is 1.00 bits per heavy atom. The van der Waals surface area contributed by atoms with Gasteiger partial charge in [0.2, 0.25) is 11.8 Å². The van der Waals surface area contributed by atoms with Gasteiger partial charge < -0.3 is 15.0 Å². The Morgan fingerprint density at radius 2 is 1.61 bits per heavy atom. The number of rotatable bonds is 8. The standard InChI is InChI=1S/C26H34N2O3/c1-19-9-11-22(12-10-19)18-28(20(2)26(30)27-23-7-5-4-6-8-23)25(29)17-21-13-15-24(31-3)16-14-21/h9-16,20,23H,4-8,17-18H2,1-3H3,(H,27,30). The zero-order valence-electron chi connectivity index (χ0n) is 18.9. The number of hydrogen-bond acceptors (Lipinski definition) is 3. The molecule has 1 N–H and O–H groups in total. The Morgan fingerprint density at radius 3 is 2.23 bits per heavy atom. The molecule has 1 aliphatic carbocycles. The van der Waals surface area contributed by atoms with E-state index >= 15 is 0 Å². The van der Waals surface area contributed by atoms with Crippen LogP contribution in [0, 0.1) is 6.92 Å². The number of ether oxygens (including phenoxy) is 1. The summed E-state index contributed by atoms with van der Waals surface area (Å²) in [7, 11) is 1.62. The summed E-state index contributed by atoms with van der Waals surface area (Å²) in [6.45, 7) is 4.28. The molecule has 1 unspecified atom stereocenters. The van der Waals surface area contributed by atoms with E-state index in [1.165, 1.54) is 12.0 Å². The van der Waals surface area contributed by atoms with Crippen LogP contribution >= 0.6 is 0 Å². The van der Waals surface area contributed by atoms with E-state index in [4.69, 9.17) is 4.74 Å². The number of carbonyl (C=O) groups excluding carboxylic acids is 2. The normalized spacial score (nSPS) is 15.2. The smallest absolute Gasteiger partial charge is 0.242 e. The predicted octanol–water partition coefficient (Wildman–Crippen LogP) is 4.41. The molecule has 2 aromatic rings. The number of benzene rings is 2. The van der Waals surface area contributed by atoms with Crippen LogP contribution in [0.4, 0.5) is 0 Å². The Labute approximate surface area is 185 Å². The monoisotopic (exact) mass is 422 g/mol. The van der Waals surface area contributed by atoms with E-state index in [1.807, 2.05) is 62.4 Å². The maximum Gasteiger partial charge on any atom is 0.242 e. The molecule has 0 saturated heterocycles. The van der Waals surface area contributed by atoms with Crippen LogP contribution in [0.15, 0.2) is 48.5 Å². The number of amides is 2. The van der Waals surface area contributed by atoms with Crippen LogP contribution in [0.5, 0.6) is 5.75 Å². The zero-order chi connectivity index (χ0) is 22.2. The molecule has 166 valence electrons. The summed E-state index contributed by atoms with van der Waals surface area (Å²) < 4.78 is 5.20. The van der Waals surface area contributed by atoms with Crippen LogP contribution in [-0.4, -0.2) is 35.9 Å². The minimum atomic E-state index is -0.533. The van der Waals surface area contributed by atoms with Gasteiger partial charge in [-0.25, -0.2) is 0 Å². The van der Waals surface area contributed by atoms with Crippen LogP contribution in [-0.2, 0) is 22.6 Å². The maximum atomic E-state index is 13.3. The van der Waals surface area contributed by atoms with Crippen LogP contribution in [0.3, 0.4) is 0 Å². The van der Waals surface area contributed by atoms with Crippen molar-refractivity contribution >= 4 is 11.8 Å². The van der Waals surface area contributed by atoms with Gasteiger partial charge >= 0.3 is 0 Å². The molecule has 5 heteroatoms. The largest absolute Gasteiger partial charge is 0.497 e. The van der Waals surface area contributed by atoms with Crippen molar-refractivity contribution in [2.45, 2.75) is 71.0 Å². The fourth-order valence-electron chi connectivity index (χ4n) is 4.06. The molecular formula is C26H34N2O3. The van der Waals surface area contributed by atoms with E-state index in [1.54, 1.807) is 12.0 Å². The highest BCUT2D eigenvalue weighted by molar-refractivity contribution is 5.88. The molecule has 1 fully saturated rings. The van der Waals surface area contributed by atoms with Crippen molar-refractivity contribution < 1.29 is 14.3 Å². The molecule has 0 heterocycles. The van der Waals surface area contributed by atoms with Crippen molar-refractivity contribution in [3.05, 3.63) is 65.2 Å². The summed E-state index contributed by atoms with van der Waals surface area (Å²) in [4.78, 5) is 28.0. The predicted molar refractivity (Wildman–Crippen MR) is 123 cm³/mol. The number of nitrogens with zero attached hydrogens (tertiary/aromatic N) is 1. The number of nitrogens with one attached hydrogen (secondary N) is 1. The maximum absolute atomic E-state index is 13.3. The lowest BCUT2D eigenvalue weighted by Gasteiger charge is -2.31. The number of methoxy groups -OCH3 is 1. The molecule has 1 atom stereocenters. The molecule has 1 saturated carbocycles. The molecule has 5 nitrogen and oxygen atoms in total. The lowest BCUT2D eigenvalue weighted by atomic mass is 9.95. The number of aryl methyl sites for hydroxylation is 1. The first-order valence-electron chi connectivity index (χ1n) is 11.2. The zero-order valence-corrected chi connectivity index (χ0v) is 18.9. The van der Waals surface area contributed by atoms with Crippen LogP contribution in [0.2, 0.25) is 0 Å². The summed E-state index contributed by atoms with van der Waals surface area (Å²) in [6, 6.07) is 15.3. The van der Waals surface area contributed by atoms with Crippen molar-refractivity contribution in [2.24, 2.45) is 0 Å². The second kappa shape index (κ2) is 11.0. The van der Waals surface area contributed by atoms with Crippen molar-refractivity contribution in [1.29, 1.82) is 0 Å². The molecule has 1 aliphatic rings. The van der Waals surface area contributed by atoms with Gasteiger partial charge in [-0.15, -0.1) is 0 Å². The third kappa shape index (κ3) is 6.58. The van der Waals surface area contributed by atoms with Crippen molar-refractivity contribution in [2.75, 3.05) is 7.11 Å². The van der Waals surface area contributed by atoms with E-state index in [0.717, 1.165) is 42.6 Å². The Balaban J connectivity index is 1.74. The van der Waals surface area contributed by atoms with Gasteiger partial charge in [0.25, 0.3) is 0 Å². The second-order valence-electron chi connectivity index (χ2n) is 8.55. The molecule has 0 aromatic heterocycles. The highest BCUT2D eigenvalue weighted by atomic mass is 16.5. The Bertz CT molecular complexity index is 855. The van der Waals surface area contributed by atoms with Gasteiger partial charge in [-0.2, -0.15) is 0 Å². The second-order valence-corrected chi connectivity index (χ2v) is 8.55. The molecule has 0 aliphatic heterocycles. The molecule has 0 spiro atoms. The first-order valence-corrected chi connectivity index (χ1v) is 11.2. The van der Waals surface area contributed by atoms with Crippen LogP contribution in [0.1, 0.15) is 55.7 Å². The Hall–Kier alpha value is -2.82. The lowest BCUT2D eigenvalue weighted by Crippen LogP contribution is -2.50. The SMILES string of the molecule is COc1ccc(CC(=O)N(Cc2ccc(C)cc2)C(C)C(=O)NC2CCCCC2)cc1. The first-order chi connectivity index (χ1) is 15.0. The summed E-state index contributed by atoms with van der Waals surface area (Å²) in [5, 5.41) is 3.18. The van der Waals surface area contributed by atoms with Crippen molar-refractivity contribution in [1.82, 2.24) is 10.2 Å². The summed E-state index contributed by atoms with van der Waals surface area (Å²) >= 11 is 0. The minimum Gasteiger partial charge on any atom is -0.497 e. The molecule has 2 amide bonds. The quantitative estimate of drug-likeness (QED) is 0.685. The van der Waals surface area contributed by atoms with Crippen molar-refractivity contribution in [3.63, 3.8) is 0 Å². The molecule has 2 aromatic carbocycles. The van der Waals surface area contributed by atoms with E-state index in [0.29, 0.717) is 6.54 Å². The topological polar surface area (TPSA) is 58.6 Å². The van der Waals surface area contributed by atoms with Gasteiger partial charge in [0.05, 0.1) is 13.5 Å². The van der Waals surface area contributed by atoms with Gasteiger partial charge in [-0.3, -0.25) is 9.59 Å². The first kappa shape index (κ1) is 22.9. The van der Waals surface area contributed by atoms with E-state index in [9.17, 15) is 9.59 Å². The van der Waals surface area contributed by atoms with Gasteiger partial charge in [0.1, 0.15) is 11.8 Å². The van der Waals surface area contributed by atoms with E-state index in [2.05, 4.69) is 5.32 Å². The average molecular weight is 423 g/mol. The molecule has 0 bridgehead atoms. The van der Waals surface area contributed by atoms with Crippen LogP contribution < -0.4 is 10.1 Å². The Kier molecular flexibility index (Phi) is 8.10. The lowest BCUT2D eigenvalue weighted by molar-refractivity contribution is -0.140. The van der Waals surface area contributed by atoms with Gasteiger partial charge in [-0.05, 0) is 49.9 Å². The third-order valence-corrected chi connectivity index (χ3v) is 6.11. The van der Waals surface area contributed by atoms with Crippen molar-refractivity contribution in [3.8, 4) is 5.75 Å². The van der Waals surface area contributed by atoms with E-state index < -0.39 is 6.04 Å². The highest BCUT2D eigenvalue weighted by Crippen LogP contribution is 2.19. The average Bonchev–Trinajstić information content (AvgIpc) is 2.79. The third-order valence-electron chi connectivity index (χ3n) is 6.11. The highest BCUT2D eigenvalue weighted by Gasteiger charge is 2.28. The van der Waals surface area contributed by atoms with Gasteiger partial charge in [0.15, 0.2) is 0 Å². The van der Waals surface area contributed by atoms with E-state index in [-0.39, 0.29) is 24.3 Å². The molecular weight excluding hydrogens is 388 g/mol. The minimum absolute atomic E-state index is 0.0583. The fraction of sp³-hybridized carbons (Fsp3) is 0.462. The number of carbonyl (C=O) groups is 2. The summed E-state index contributed by atoms with van der Waals surface area (Å²) in [6.07, 6.45) is 5.84.